The zero-order valence-corrected chi connectivity index (χ0v) is 11.3. The smallest absolute Gasteiger partial charge is 0.134 e. The van der Waals surface area contributed by atoms with Crippen LogP contribution in [0.5, 0.6) is 0 Å². The van der Waals surface area contributed by atoms with Crippen molar-refractivity contribution < 1.29 is 4.42 Å². The van der Waals surface area contributed by atoms with Gasteiger partial charge in [0.2, 0.25) is 0 Å². The quantitative estimate of drug-likeness (QED) is 0.435. The molecular weight excluding hydrogens is 244 g/mol. The molecular formula is C19H14O. The molecule has 1 heteroatoms. The van der Waals surface area contributed by atoms with E-state index in [-0.39, 0.29) is 0 Å². The highest BCUT2D eigenvalue weighted by Crippen LogP contribution is 2.31. The molecule has 20 heavy (non-hydrogen) atoms. The molecule has 1 nitrogen and oxygen atoms in total. The van der Waals surface area contributed by atoms with Gasteiger partial charge >= 0.3 is 0 Å². The van der Waals surface area contributed by atoms with Crippen LogP contribution in [0.3, 0.4) is 0 Å². The molecule has 0 saturated heterocycles. The molecule has 0 radical (unpaired) electrons. The van der Waals surface area contributed by atoms with E-state index in [4.69, 9.17) is 4.42 Å². The molecule has 4 rings (SSSR count). The molecule has 4 aromatic rings. The van der Waals surface area contributed by atoms with Crippen LogP contribution in [-0.4, -0.2) is 0 Å². The molecule has 0 amide bonds. The summed E-state index contributed by atoms with van der Waals surface area (Å²) in [4.78, 5) is 0. The summed E-state index contributed by atoms with van der Waals surface area (Å²) in [5.41, 5.74) is 4.80. The van der Waals surface area contributed by atoms with E-state index in [2.05, 4.69) is 55.5 Å². The van der Waals surface area contributed by atoms with Crippen LogP contribution in [0, 0.1) is 6.92 Å². The Balaban J connectivity index is 2.00. The van der Waals surface area contributed by atoms with E-state index >= 15 is 0 Å². The van der Waals surface area contributed by atoms with Gasteiger partial charge in [0.15, 0.2) is 0 Å². The summed E-state index contributed by atoms with van der Waals surface area (Å²) in [6.07, 6.45) is 1.75. The van der Waals surface area contributed by atoms with E-state index in [1.807, 2.05) is 12.1 Å². The predicted molar refractivity (Wildman–Crippen MR) is 83.9 cm³/mol. The summed E-state index contributed by atoms with van der Waals surface area (Å²) in [7, 11) is 0. The van der Waals surface area contributed by atoms with Crippen molar-refractivity contribution in [3.8, 4) is 11.1 Å². The number of furan rings is 1. The topological polar surface area (TPSA) is 13.1 Å². The van der Waals surface area contributed by atoms with Crippen molar-refractivity contribution in [3.05, 3.63) is 72.5 Å². The Kier molecular flexibility index (Phi) is 2.40. The van der Waals surface area contributed by atoms with Crippen molar-refractivity contribution in [2.45, 2.75) is 6.92 Å². The monoisotopic (exact) mass is 258 g/mol. The Hall–Kier alpha value is -2.54. The summed E-state index contributed by atoms with van der Waals surface area (Å²) < 4.78 is 5.46. The van der Waals surface area contributed by atoms with Crippen molar-refractivity contribution in [3.63, 3.8) is 0 Å². The molecule has 1 heterocycles. The Morgan fingerprint density at radius 2 is 1.70 bits per heavy atom. The van der Waals surface area contributed by atoms with Crippen molar-refractivity contribution >= 4 is 21.7 Å². The SMILES string of the molecule is Cc1ccccc1-c1ccc2c(ccc3occc32)c1. The molecule has 1 aromatic heterocycles. The van der Waals surface area contributed by atoms with Gasteiger partial charge in [0.1, 0.15) is 5.58 Å². The van der Waals surface area contributed by atoms with Gasteiger partial charge in [-0.25, -0.2) is 0 Å². The van der Waals surface area contributed by atoms with E-state index < -0.39 is 0 Å². The molecule has 0 aliphatic carbocycles. The standard InChI is InChI=1S/C19H14O/c1-13-4-2-3-5-16(13)14-6-8-17-15(12-14)7-9-19-18(17)10-11-20-19/h2-12H,1H3. The second-order valence-electron chi connectivity index (χ2n) is 5.15. The van der Waals surface area contributed by atoms with E-state index in [0.29, 0.717) is 0 Å². The molecule has 0 aliphatic heterocycles. The average molecular weight is 258 g/mol. The molecule has 96 valence electrons. The van der Waals surface area contributed by atoms with Crippen LogP contribution in [-0.2, 0) is 0 Å². The van der Waals surface area contributed by atoms with Gasteiger partial charge in [0, 0.05) is 5.39 Å². The number of benzene rings is 3. The third kappa shape index (κ3) is 1.64. The predicted octanol–water partition coefficient (Wildman–Crippen LogP) is 5.56. The van der Waals surface area contributed by atoms with Crippen molar-refractivity contribution in [2.75, 3.05) is 0 Å². The summed E-state index contributed by atoms with van der Waals surface area (Å²) in [6.45, 7) is 2.15. The van der Waals surface area contributed by atoms with Gasteiger partial charge in [-0.1, -0.05) is 42.5 Å². The molecule has 0 spiro atoms. The Labute approximate surface area is 117 Å². The fourth-order valence-corrected chi connectivity index (χ4v) is 2.85. The first-order valence-corrected chi connectivity index (χ1v) is 6.79. The number of fused-ring (bicyclic) bond motifs is 3. The van der Waals surface area contributed by atoms with Crippen molar-refractivity contribution in [1.82, 2.24) is 0 Å². The van der Waals surface area contributed by atoms with E-state index in [0.717, 1.165) is 5.58 Å². The average Bonchev–Trinajstić information content (AvgIpc) is 2.96. The third-order valence-electron chi connectivity index (χ3n) is 3.91. The first kappa shape index (κ1) is 11.3. The number of hydrogen-bond acceptors (Lipinski definition) is 1. The summed E-state index contributed by atoms with van der Waals surface area (Å²) >= 11 is 0. The van der Waals surface area contributed by atoms with Gasteiger partial charge in [0.05, 0.1) is 6.26 Å². The lowest BCUT2D eigenvalue weighted by atomic mass is 9.97. The molecule has 0 atom stereocenters. The highest BCUT2D eigenvalue weighted by Gasteiger charge is 2.06. The van der Waals surface area contributed by atoms with Gasteiger partial charge < -0.3 is 4.42 Å². The molecule has 0 unspecified atom stereocenters. The molecule has 0 aliphatic rings. The van der Waals surface area contributed by atoms with Gasteiger partial charge in [-0.05, 0) is 52.6 Å². The van der Waals surface area contributed by atoms with Gasteiger partial charge in [-0.3, -0.25) is 0 Å². The molecule has 0 N–H and O–H groups in total. The first-order valence-electron chi connectivity index (χ1n) is 6.79. The molecule has 0 fully saturated rings. The summed E-state index contributed by atoms with van der Waals surface area (Å²) in [5.74, 6) is 0. The molecule has 0 bridgehead atoms. The van der Waals surface area contributed by atoms with Crippen LogP contribution >= 0.6 is 0 Å². The number of rotatable bonds is 1. The Morgan fingerprint density at radius 3 is 2.60 bits per heavy atom. The maximum atomic E-state index is 5.46. The fourth-order valence-electron chi connectivity index (χ4n) is 2.85. The van der Waals surface area contributed by atoms with Crippen LogP contribution in [0.25, 0.3) is 32.9 Å². The first-order chi connectivity index (χ1) is 9.83. The highest BCUT2D eigenvalue weighted by atomic mass is 16.3. The van der Waals surface area contributed by atoms with Crippen LogP contribution in [0.15, 0.2) is 71.3 Å². The largest absolute Gasteiger partial charge is 0.464 e. The zero-order valence-electron chi connectivity index (χ0n) is 11.3. The van der Waals surface area contributed by atoms with Crippen LogP contribution < -0.4 is 0 Å². The minimum atomic E-state index is 0.946. The number of aryl methyl sites for hydroxylation is 1. The van der Waals surface area contributed by atoms with E-state index in [1.54, 1.807) is 6.26 Å². The van der Waals surface area contributed by atoms with Crippen molar-refractivity contribution in [2.24, 2.45) is 0 Å². The minimum absolute atomic E-state index is 0.946. The summed E-state index contributed by atoms with van der Waals surface area (Å²) in [5, 5.41) is 3.67. The van der Waals surface area contributed by atoms with Crippen LogP contribution in [0.1, 0.15) is 5.56 Å². The van der Waals surface area contributed by atoms with Gasteiger partial charge in [-0.15, -0.1) is 0 Å². The third-order valence-corrected chi connectivity index (χ3v) is 3.91. The van der Waals surface area contributed by atoms with Crippen molar-refractivity contribution in [1.29, 1.82) is 0 Å². The molecule has 3 aromatic carbocycles. The maximum Gasteiger partial charge on any atom is 0.134 e. The Morgan fingerprint density at radius 1 is 0.800 bits per heavy atom. The fraction of sp³-hybridized carbons (Fsp3) is 0.0526. The lowest BCUT2D eigenvalue weighted by Crippen LogP contribution is -1.83. The lowest BCUT2D eigenvalue weighted by molar-refractivity contribution is 0.616. The minimum Gasteiger partial charge on any atom is -0.464 e. The van der Waals surface area contributed by atoms with Crippen LogP contribution in [0.2, 0.25) is 0 Å². The maximum absolute atomic E-state index is 5.46. The van der Waals surface area contributed by atoms with Gasteiger partial charge in [0.25, 0.3) is 0 Å². The second-order valence-corrected chi connectivity index (χ2v) is 5.15. The highest BCUT2D eigenvalue weighted by molar-refractivity contribution is 6.06. The number of hydrogen-bond donors (Lipinski definition) is 0. The lowest BCUT2D eigenvalue weighted by Gasteiger charge is -2.07. The van der Waals surface area contributed by atoms with Gasteiger partial charge in [-0.2, -0.15) is 0 Å². The van der Waals surface area contributed by atoms with Crippen LogP contribution in [0.4, 0.5) is 0 Å². The Bertz CT molecular complexity index is 915. The second kappa shape index (κ2) is 4.24. The normalized spacial score (nSPS) is 11.2. The van der Waals surface area contributed by atoms with E-state index in [9.17, 15) is 0 Å². The van der Waals surface area contributed by atoms with E-state index in [1.165, 1.54) is 32.8 Å². The summed E-state index contributed by atoms with van der Waals surface area (Å²) in [6, 6.07) is 21.3. The zero-order chi connectivity index (χ0) is 13.5. The molecule has 0 saturated carbocycles.